The van der Waals surface area contributed by atoms with Gasteiger partial charge in [0.2, 0.25) is 5.43 Å². The SMILES string of the molecule is Clc1cnnc2c(Cl)cccc12.O=c1cn[nH]c2c(Cl)cccc12. The van der Waals surface area contributed by atoms with Gasteiger partial charge in [-0.15, -0.1) is 5.10 Å². The highest BCUT2D eigenvalue weighted by Gasteiger charge is 2.03. The summed E-state index contributed by atoms with van der Waals surface area (Å²) in [5, 5.41) is 17.0. The number of H-pyrrole nitrogens is 1. The van der Waals surface area contributed by atoms with Crippen molar-refractivity contribution in [2.24, 2.45) is 0 Å². The lowest BCUT2D eigenvalue weighted by molar-refractivity contribution is 1.06. The van der Waals surface area contributed by atoms with E-state index in [-0.39, 0.29) is 5.43 Å². The Morgan fingerprint density at radius 1 is 0.833 bits per heavy atom. The van der Waals surface area contributed by atoms with Crippen LogP contribution in [0.3, 0.4) is 0 Å². The lowest BCUT2D eigenvalue weighted by Gasteiger charge is -1.98. The highest BCUT2D eigenvalue weighted by molar-refractivity contribution is 6.38. The van der Waals surface area contributed by atoms with E-state index in [1.54, 1.807) is 24.3 Å². The highest BCUT2D eigenvalue weighted by Crippen LogP contribution is 2.25. The summed E-state index contributed by atoms with van der Waals surface area (Å²) < 4.78 is 0. The van der Waals surface area contributed by atoms with E-state index in [2.05, 4.69) is 20.4 Å². The summed E-state index contributed by atoms with van der Waals surface area (Å²) in [6.07, 6.45) is 2.73. The van der Waals surface area contributed by atoms with E-state index in [0.29, 0.717) is 31.5 Å². The number of aromatic amines is 1. The van der Waals surface area contributed by atoms with Gasteiger partial charge in [0.05, 0.1) is 38.4 Å². The van der Waals surface area contributed by atoms with Crippen LogP contribution in [0.1, 0.15) is 0 Å². The molecule has 120 valence electrons. The zero-order valence-corrected chi connectivity index (χ0v) is 14.3. The summed E-state index contributed by atoms with van der Waals surface area (Å²) in [5.74, 6) is 0. The minimum Gasteiger partial charge on any atom is -0.287 e. The second-order valence-electron chi connectivity index (χ2n) is 4.73. The predicted molar refractivity (Wildman–Crippen MR) is 96.9 cm³/mol. The Morgan fingerprint density at radius 3 is 2.25 bits per heavy atom. The molecule has 8 heteroatoms. The molecule has 4 rings (SSSR count). The van der Waals surface area contributed by atoms with Crippen LogP contribution >= 0.6 is 34.8 Å². The van der Waals surface area contributed by atoms with Gasteiger partial charge >= 0.3 is 0 Å². The average Bonchev–Trinajstić information content (AvgIpc) is 2.58. The monoisotopic (exact) mass is 378 g/mol. The fraction of sp³-hybridized carbons (Fsp3) is 0. The number of para-hydroxylation sites is 1. The van der Waals surface area contributed by atoms with Gasteiger partial charge in [0.1, 0.15) is 5.52 Å². The van der Waals surface area contributed by atoms with Crippen molar-refractivity contribution in [2.45, 2.75) is 0 Å². The first-order valence-corrected chi connectivity index (χ1v) is 7.88. The predicted octanol–water partition coefficient (Wildman–Crippen LogP) is 4.51. The molecule has 1 N–H and O–H groups in total. The maximum absolute atomic E-state index is 11.2. The Labute approximate surface area is 151 Å². The summed E-state index contributed by atoms with van der Waals surface area (Å²) >= 11 is 17.6. The molecular formula is C16H9Cl3N4O. The van der Waals surface area contributed by atoms with E-state index in [0.717, 1.165) is 5.39 Å². The van der Waals surface area contributed by atoms with E-state index in [4.69, 9.17) is 34.8 Å². The fourth-order valence-electron chi connectivity index (χ4n) is 2.08. The van der Waals surface area contributed by atoms with Crippen LogP contribution in [0.2, 0.25) is 15.1 Å². The van der Waals surface area contributed by atoms with Gasteiger partial charge in [0.15, 0.2) is 0 Å². The van der Waals surface area contributed by atoms with E-state index in [1.165, 1.54) is 12.4 Å². The van der Waals surface area contributed by atoms with Crippen LogP contribution in [0.15, 0.2) is 53.6 Å². The van der Waals surface area contributed by atoms with Crippen molar-refractivity contribution in [2.75, 3.05) is 0 Å². The Bertz CT molecular complexity index is 1040. The molecule has 4 aromatic rings. The smallest absolute Gasteiger partial charge is 0.207 e. The summed E-state index contributed by atoms with van der Waals surface area (Å²) in [6, 6.07) is 10.6. The maximum Gasteiger partial charge on any atom is 0.207 e. The van der Waals surface area contributed by atoms with E-state index >= 15 is 0 Å². The van der Waals surface area contributed by atoms with Gasteiger partial charge in [0.25, 0.3) is 0 Å². The average molecular weight is 380 g/mol. The molecule has 0 aliphatic rings. The van der Waals surface area contributed by atoms with Crippen molar-refractivity contribution in [3.05, 3.63) is 74.1 Å². The third-order valence-corrected chi connectivity index (χ3v) is 4.13. The van der Waals surface area contributed by atoms with Crippen LogP contribution in [-0.2, 0) is 0 Å². The molecule has 0 spiro atoms. The van der Waals surface area contributed by atoms with Gasteiger partial charge < -0.3 is 0 Å². The van der Waals surface area contributed by atoms with E-state index < -0.39 is 0 Å². The molecule has 0 bridgehead atoms. The Hall–Kier alpha value is -2.21. The van der Waals surface area contributed by atoms with Crippen LogP contribution in [0.4, 0.5) is 0 Å². The molecule has 0 radical (unpaired) electrons. The van der Waals surface area contributed by atoms with Crippen molar-refractivity contribution in [1.82, 2.24) is 20.4 Å². The molecule has 0 unspecified atom stereocenters. The van der Waals surface area contributed by atoms with Gasteiger partial charge in [-0.2, -0.15) is 10.2 Å². The van der Waals surface area contributed by atoms with Crippen LogP contribution in [0.25, 0.3) is 21.8 Å². The number of hydrogen-bond donors (Lipinski definition) is 1. The van der Waals surface area contributed by atoms with Crippen molar-refractivity contribution >= 4 is 56.6 Å². The first kappa shape index (κ1) is 16.6. The molecule has 2 heterocycles. The number of aromatic nitrogens is 4. The molecule has 0 saturated heterocycles. The maximum atomic E-state index is 11.2. The van der Waals surface area contributed by atoms with Crippen LogP contribution in [0, 0.1) is 0 Å². The van der Waals surface area contributed by atoms with Crippen molar-refractivity contribution in [3.63, 3.8) is 0 Å². The Kier molecular flexibility index (Phi) is 4.94. The minimum absolute atomic E-state index is 0.119. The van der Waals surface area contributed by atoms with Crippen LogP contribution < -0.4 is 5.43 Å². The molecular weight excluding hydrogens is 371 g/mol. The molecule has 0 atom stereocenters. The molecule has 5 nitrogen and oxygen atoms in total. The number of hydrogen-bond acceptors (Lipinski definition) is 4. The third-order valence-electron chi connectivity index (χ3n) is 3.21. The first-order chi connectivity index (χ1) is 11.6. The lowest BCUT2D eigenvalue weighted by Crippen LogP contribution is -2.02. The Morgan fingerprint density at radius 2 is 1.54 bits per heavy atom. The van der Waals surface area contributed by atoms with Crippen molar-refractivity contribution < 1.29 is 0 Å². The minimum atomic E-state index is -0.119. The summed E-state index contributed by atoms with van der Waals surface area (Å²) in [4.78, 5) is 11.2. The topological polar surface area (TPSA) is 71.5 Å². The second kappa shape index (κ2) is 7.13. The number of halogens is 3. The zero-order valence-electron chi connectivity index (χ0n) is 12.0. The molecule has 0 amide bonds. The highest BCUT2D eigenvalue weighted by atomic mass is 35.5. The van der Waals surface area contributed by atoms with Gasteiger partial charge in [-0.05, 0) is 18.2 Å². The van der Waals surface area contributed by atoms with Gasteiger partial charge in [-0.1, -0.05) is 53.0 Å². The standard InChI is InChI=1S/C8H4Cl2N2.C8H5ClN2O/c9-6-3-1-2-5-7(10)4-11-12-8(5)6;9-6-3-1-2-5-7(12)4-10-11-8(5)6/h1-4H;1-4H,(H,11,12). The number of benzene rings is 2. The van der Waals surface area contributed by atoms with Gasteiger partial charge in [-0.3, -0.25) is 9.89 Å². The van der Waals surface area contributed by atoms with Crippen LogP contribution in [-0.4, -0.2) is 20.4 Å². The fourth-order valence-corrected chi connectivity index (χ4v) is 2.71. The number of nitrogens with zero attached hydrogens (tertiary/aromatic N) is 3. The number of fused-ring (bicyclic) bond motifs is 2. The first-order valence-electron chi connectivity index (χ1n) is 6.75. The molecule has 0 fully saturated rings. The molecule has 0 aliphatic carbocycles. The molecule has 0 saturated carbocycles. The van der Waals surface area contributed by atoms with Gasteiger partial charge in [-0.25, -0.2) is 0 Å². The Balaban J connectivity index is 0.000000141. The summed E-state index contributed by atoms with van der Waals surface area (Å²) in [6.45, 7) is 0. The largest absolute Gasteiger partial charge is 0.287 e. The quantitative estimate of drug-likeness (QED) is 0.488. The van der Waals surface area contributed by atoms with Gasteiger partial charge in [0, 0.05) is 5.39 Å². The number of nitrogens with one attached hydrogen (secondary N) is 1. The number of rotatable bonds is 0. The van der Waals surface area contributed by atoms with E-state index in [9.17, 15) is 4.79 Å². The second-order valence-corrected chi connectivity index (χ2v) is 5.95. The van der Waals surface area contributed by atoms with E-state index in [1.807, 2.05) is 12.1 Å². The normalized spacial score (nSPS) is 10.5. The summed E-state index contributed by atoms with van der Waals surface area (Å²) in [5.41, 5.74) is 1.12. The zero-order chi connectivity index (χ0) is 17.1. The molecule has 0 aliphatic heterocycles. The molecule has 24 heavy (non-hydrogen) atoms. The molecule has 2 aromatic carbocycles. The lowest BCUT2D eigenvalue weighted by atomic mass is 10.2. The van der Waals surface area contributed by atoms with Crippen molar-refractivity contribution in [1.29, 1.82) is 0 Å². The summed E-state index contributed by atoms with van der Waals surface area (Å²) in [7, 11) is 0. The van der Waals surface area contributed by atoms with Crippen molar-refractivity contribution in [3.8, 4) is 0 Å². The molecule has 2 aromatic heterocycles. The third kappa shape index (κ3) is 3.33. The van der Waals surface area contributed by atoms with Crippen LogP contribution in [0.5, 0.6) is 0 Å².